The number of guanidine groups is 1. The quantitative estimate of drug-likeness (QED) is 0.645. The minimum Gasteiger partial charge on any atom is -0.374 e. The van der Waals surface area contributed by atoms with Crippen LogP contribution in [0.25, 0.3) is 0 Å². The van der Waals surface area contributed by atoms with Crippen molar-refractivity contribution in [2.24, 2.45) is 4.99 Å². The molecule has 1 heterocycles. The van der Waals surface area contributed by atoms with Crippen LogP contribution in [0.3, 0.4) is 0 Å². The number of benzene rings is 1. The first-order valence-electron chi connectivity index (χ1n) is 7.79. The number of hydrogen-bond donors (Lipinski definition) is 2. The van der Waals surface area contributed by atoms with E-state index in [0.717, 1.165) is 30.8 Å². The van der Waals surface area contributed by atoms with E-state index >= 15 is 0 Å². The van der Waals surface area contributed by atoms with E-state index in [-0.39, 0.29) is 6.10 Å². The topological polar surface area (TPSA) is 48.9 Å². The largest absolute Gasteiger partial charge is 0.416 e. The maximum Gasteiger partial charge on any atom is 0.416 e. The smallest absolute Gasteiger partial charge is 0.374 e. The maximum atomic E-state index is 12.5. The predicted octanol–water partition coefficient (Wildman–Crippen LogP) is 1.70. The van der Waals surface area contributed by atoms with E-state index in [2.05, 4.69) is 20.5 Å². The zero-order chi connectivity index (χ0) is 17.6. The molecular formula is C16H23F3N4O. The summed E-state index contributed by atoms with van der Waals surface area (Å²) in [6, 6.07) is 5.09. The molecule has 0 aromatic heterocycles. The summed E-state index contributed by atoms with van der Waals surface area (Å²) in [6.07, 6.45) is -4.22. The Morgan fingerprint density at radius 3 is 2.58 bits per heavy atom. The molecule has 0 spiro atoms. The van der Waals surface area contributed by atoms with Crippen molar-refractivity contribution in [1.82, 2.24) is 15.5 Å². The Bertz CT molecular complexity index is 545. The molecule has 0 amide bonds. The Labute approximate surface area is 139 Å². The van der Waals surface area contributed by atoms with Crippen molar-refractivity contribution in [3.8, 4) is 0 Å². The van der Waals surface area contributed by atoms with Crippen LogP contribution in [-0.4, -0.2) is 57.3 Å². The van der Waals surface area contributed by atoms with Gasteiger partial charge in [0.15, 0.2) is 5.96 Å². The molecule has 5 nitrogen and oxygen atoms in total. The van der Waals surface area contributed by atoms with Crippen LogP contribution in [0.1, 0.15) is 11.1 Å². The Kier molecular flexibility index (Phi) is 6.44. The highest BCUT2D eigenvalue weighted by atomic mass is 19.4. The van der Waals surface area contributed by atoms with Crippen molar-refractivity contribution in [2.45, 2.75) is 18.8 Å². The third-order valence-corrected chi connectivity index (χ3v) is 3.80. The summed E-state index contributed by atoms with van der Waals surface area (Å²) in [7, 11) is 3.70. The van der Waals surface area contributed by atoms with Crippen LogP contribution in [0.15, 0.2) is 29.3 Å². The number of ether oxygens (including phenoxy) is 1. The van der Waals surface area contributed by atoms with Crippen molar-refractivity contribution >= 4 is 5.96 Å². The minimum absolute atomic E-state index is 0.0911. The van der Waals surface area contributed by atoms with Crippen molar-refractivity contribution in [3.63, 3.8) is 0 Å². The summed E-state index contributed by atoms with van der Waals surface area (Å²) in [4.78, 5) is 6.31. The lowest BCUT2D eigenvalue weighted by Gasteiger charge is -2.30. The average molecular weight is 344 g/mol. The Morgan fingerprint density at radius 1 is 1.29 bits per heavy atom. The fraction of sp³-hybridized carbons (Fsp3) is 0.562. The molecule has 1 aromatic carbocycles. The van der Waals surface area contributed by atoms with E-state index in [1.807, 2.05) is 7.05 Å². The first kappa shape index (κ1) is 18.5. The molecule has 2 N–H and O–H groups in total. The number of alkyl halides is 3. The Hall–Kier alpha value is -1.80. The van der Waals surface area contributed by atoms with Crippen LogP contribution >= 0.6 is 0 Å². The van der Waals surface area contributed by atoms with Crippen molar-refractivity contribution in [2.75, 3.05) is 40.3 Å². The summed E-state index contributed by atoms with van der Waals surface area (Å²) in [5.74, 6) is 0.590. The van der Waals surface area contributed by atoms with Gasteiger partial charge in [-0.25, -0.2) is 0 Å². The highest BCUT2D eigenvalue weighted by molar-refractivity contribution is 5.79. The number of likely N-dealkylation sites (N-methyl/N-ethyl adjacent to an activating group) is 1. The second-order valence-corrected chi connectivity index (χ2v) is 5.76. The van der Waals surface area contributed by atoms with Crippen molar-refractivity contribution in [1.29, 1.82) is 0 Å². The zero-order valence-electron chi connectivity index (χ0n) is 13.9. The SMILES string of the molecule is CN=C(NCc1ccc(C(F)(F)F)cc1)NCC1CN(C)CCO1. The highest BCUT2D eigenvalue weighted by Crippen LogP contribution is 2.28. The molecule has 2 rings (SSSR count). The van der Waals surface area contributed by atoms with Crippen LogP contribution in [0.2, 0.25) is 0 Å². The molecule has 1 aromatic rings. The van der Waals surface area contributed by atoms with E-state index in [0.29, 0.717) is 25.7 Å². The molecule has 1 aliphatic heterocycles. The third kappa shape index (κ3) is 5.68. The van der Waals surface area contributed by atoms with Gasteiger partial charge in [0.05, 0.1) is 18.3 Å². The molecule has 1 atom stereocenters. The van der Waals surface area contributed by atoms with Crippen molar-refractivity contribution < 1.29 is 17.9 Å². The lowest BCUT2D eigenvalue weighted by molar-refractivity contribution is -0.137. The van der Waals surface area contributed by atoms with Gasteiger partial charge in [-0.3, -0.25) is 4.99 Å². The van der Waals surface area contributed by atoms with Gasteiger partial charge in [-0.05, 0) is 24.7 Å². The second-order valence-electron chi connectivity index (χ2n) is 5.76. The second kappa shape index (κ2) is 8.34. The van der Waals surface area contributed by atoms with Gasteiger partial charge in [0.25, 0.3) is 0 Å². The molecule has 0 radical (unpaired) electrons. The van der Waals surface area contributed by atoms with E-state index < -0.39 is 11.7 Å². The number of nitrogens with zero attached hydrogens (tertiary/aromatic N) is 2. The minimum atomic E-state index is -4.31. The van der Waals surface area contributed by atoms with Gasteiger partial charge >= 0.3 is 6.18 Å². The third-order valence-electron chi connectivity index (χ3n) is 3.80. The molecule has 1 unspecified atom stereocenters. The first-order chi connectivity index (χ1) is 11.4. The van der Waals surface area contributed by atoms with Gasteiger partial charge in [-0.2, -0.15) is 13.2 Å². The average Bonchev–Trinajstić information content (AvgIpc) is 2.55. The standard InChI is InChI=1S/C16H23F3N4O/c1-20-15(22-10-14-11-23(2)7-8-24-14)21-9-12-3-5-13(6-4-12)16(17,18)19/h3-6,14H,7-11H2,1-2H3,(H2,20,21,22). The summed E-state index contributed by atoms with van der Waals surface area (Å²) >= 11 is 0. The molecule has 134 valence electrons. The van der Waals surface area contributed by atoms with E-state index in [1.165, 1.54) is 12.1 Å². The fourth-order valence-corrected chi connectivity index (χ4v) is 2.42. The molecule has 0 saturated carbocycles. The predicted molar refractivity (Wildman–Crippen MR) is 86.9 cm³/mol. The van der Waals surface area contributed by atoms with E-state index in [1.54, 1.807) is 7.05 Å². The van der Waals surface area contributed by atoms with Gasteiger partial charge in [-0.15, -0.1) is 0 Å². The Balaban J connectivity index is 1.79. The van der Waals surface area contributed by atoms with Gasteiger partial charge in [-0.1, -0.05) is 12.1 Å². The van der Waals surface area contributed by atoms with Gasteiger partial charge in [0.1, 0.15) is 0 Å². The number of aliphatic imine (C=N–C) groups is 1. The van der Waals surface area contributed by atoms with Crippen LogP contribution < -0.4 is 10.6 Å². The monoisotopic (exact) mass is 344 g/mol. The molecular weight excluding hydrogens is 321 g/mol. The van der Waals surface area contributed by atoms with Gasteiger partial charge in [0, 0.05) is 33.2 Å². The number of nitrogens with one attached hydrogen (secondary N) is 2. The Morgan fingerprint density at radius 2 is 2.00 bits per heavy atom. The van der Waals surface area contributed by atoms with E-state index in [9.17, 15) is 13.2 Å². The number of rotatable bonds is 4. The lowest BCUT2D eigenvalue weighted by Crippen LogP contribution is -2.48. The molecule has 1 fully saturated rings. The maximum absolute atomic E-state index is 12.5. The van der Waals surface area contributed by atoms with Crippen LogP contribution in [0.5, 0.6) is 0 Å². The molecule has 1 saturated heterocycles. The summed E-state index contributed by atoms with van der Waals surface area (Å²) in [6.45, 7) is 3.50. The summed E-state index contributed by atoms with van der Waals surface area (Å²) < 4.78 is 43.3. The first-order valence-corrected chi connectivity index (χ1v) is 7.79. The molecule has 8 heteroatoms. The molecule has 24 heavy (non-hydrogen) atoms. The van der Waals surface area contributed by atoms with Crippen molar-refractivity contribution in [3.05, 3.63) is 35.4 Å². The van der Waals surface area contributed by atoms with Gasteiger partial charge < -0.3 is 20.3 Å². The molecule has 1 aliphatic rings. The van der Waals surface area contributed by atoms with Gasteiger partial charge in [0.2, 0.25) is 0 Å². The zero-order valence-corrected chi connectivity index (χ0v) is 13.9. The lowest BCUT2D eigenvalue weighted by atomic mass is 10.1. The summed E-state index contributed by atoms with van der Waals surface area (Å²) in [5.41, 5.74) is 0.104. The van der Waals surface area contributed by atoms with Crippen LogP contribution in [0, 0.1) is 0 Å². The number of halogens is 3. The summed E-state index contributed by atoms with van der Waals surface area (Å²) in [5, 5.41) is 6.26. The highest BCUT2D eigenvalue weighted by Gasteiger charge is 2.29. The molecule has 0 bridgehead atoms. The van der Waals surface area contributed by atoms with Crippen LogP contribution in [0.4, 0.5) is 13.2 Å². The normalized spacial score (nSPS) is 20.0. The van der Waals surface area contributed by atoms with Crippen LogP contribution in [-0.2, 0) is 17.5 Å². The fourth-order valence-electron chi connectivity index (χ4n) is 2.42. The van der Waals surface area contributed by atoms with E-state index in [4.69, 9.17) is 4.74 Å². The number of hydrogen-bond acceptors (Lipinski definition) is 3. The molecule has 0 aliphatic carbocycles. The number of morpholine rings is 1.